The van der Waals surface area contributed by atoms with E-state index in [4.69, 9.17) is 28.4 Å². The average molecular weight is 677 g/mol. The summed E-state index contributed by atoms with van der Waals surface area (Å²) in [5.74, 6) is 0.197. The smallest absolute Gasteiger partial charge is 0.410 e. The molecule has 0 aliphatic carbocycles. The number of amides is 2. The van der Waals surface area contributed by atoms with Gasteiger partial charge in [0.25, 0.3) is 0 Å². The summed E-state index contributed by atoms with van der Waals surface area (Å²) in [4.78, 5) is 31.7. The molecule has 0 N–H and O–H groups in total. The van der Waals surface area contributed by atoms with Crippen molar-refractivity contribution in [3.63, 3.8) is 0 Å². The predicted molar refractivity (Wildman–Crippen MR) is 189 cm³/mol. The van der Waals surface area contributed by atoms with Crippen molar-refractivity contribution < 1.29 is 38.0 Å². The molecule has 1 fully saturated rings. The molecule has 1 heterocycles. The van der Waals surface area contributed by atoms with Gasteiger partial charge in [-0.1, -0.05) is 54.6 Å². The summed E-state index contributed by atoms with van der Waals surface area (Å²) in [6.45, 7) is 9.73. The molecule has 0 spiro atoms. The molecular formula is C39H52N2O8. The van der Waals surface area contributed by atoms with E-state index in [1.54, 1.807) is 26.2 Å². The van der Waals surface area contributed by atoms with Crippen LogP contribution in [0.3, 0.4) is 0 Å². The summed E-state index contributed by atoms with van der Waals surface area (Å²) in [6, 6.07) is 24.0. The SMILES string of the molecule is CCN(Cc1cc(OC)cc(OCCCOC)c1)C(=O)[C@H]1CN(C(=O)OC(C)(C)C)C[C@@H](OCOC)[C@@H]1c1cccc(-c2ccccc2)c1. The molecule has 266 valence electrons. The van der Waals surface area contributed by atoms with E-state index < -0.39 is 23.7 Å². The molecular weight excluding hydrogens is 624 g/mol. The number of rotatable bonds is 15. The maximum Gasteiger partial charge on any atom is 0.410 e. The standard InChI is InChI=1S/C39H52N2O8/c1-8-40(24-28-20-32(46-7)23-33(21-28)47-19-13-18-44-5)37(42)34-25-41(38(43)49-39(2,3)4)26-35(48-27-45-6)36(34)31-17-12-16-30(22-31)29-14-10-9-11-15-29/h9-12,14-17,20-23,34-36H,8,13,18-19,24-27H2,1-7H3/t34-,35+,36+/m0/s1. The molecule has 0 bridgehead atoms. The van der Waals surface area contributed by atoms with Crippen LogP contribution >= 0.6 is 0 Å². The number of piperidine rings is 1. The quantitative estimate of drug-likeness (QED) is 0.129. The minimum atomic E-state index is -0.703. The van der Waals surface area contributed by atoms with Gasteiger partial charge >= 0.3 is 6.09 Å². The normalized spacial score (nSPS) is 17.8. The molecule has 49 heavy (non-hydrogen) atoms. The van der Waals surface area contributed by atoms with Gasteiger partial charge in [0.1, 0.15) is 23.9 Å². The first kappa shape index (κ1) is 37.7. The molecule has 4 rings (SSSR count). The van der Waals surface area contributed by atoms with E-state index in [0.717, 1.165) is 28.7 Å². The van der Waals surface area contributed by atoms with Crippen LogP contribution < -0.4 is 9.47 Å². The van der Waals surface area contributed by atoms with Gasteiger partial charge < -0.3 is 38.2 Å². The van der Waals surface area contributed by atoms with Gasteiger partial charge in [0.05, 0.1) is 32.3 Å². The van der Waals surface area contributed by atoms with E-state index in [9.17, 15) is 9.59 Å². The summed E-state index contributed by atoms with van der Waals surface area (Å²) in [7, 11) is 4.83. The Hall–Kier alpha value is -4.12. The summed E-state index contributed by atoms with van der Waals surface area (Å²) in [5, 5.41) is 0. The zero-order valence-electron chi connectivity index (χ0n) is 30.0. The van der Waals surface area contributed by atoms with E-state index in [1.807, 2.05) is 81.1 Å². The van der Waals surface area contributed by atoms with Gasteiger partial charge in [0.2, 0.25) is 5.91 Å². The second-order valence-electron chi connectivity index (χ2n) is 13.2. The lowest BCUT2D eigenvalue weighted by Gasteiger charge is -2.44. The van der Waals surface area contributed by atoms with Crippen LogP contribution in [-0.2, 0) is 30.3 Å². The molecule has 1 aliphatic heterocycles. The Labute approximate surface area is 291 Å². The van der Waals surface area contributed by atoms with E-state index >= 15 is 0 Å². The van der Waals surface area contributed by atoms with E-state index in [1.165, 1.54) is 0 Å². The van der Waals surface area contributed by atoms with Gasteiger partial charge in [-0.15, -0.1) is 0 Å². The largest absolute Gasteiger partial charge is 0.497 e. The third-order valence-corrected chi connectivity index (χ3v) is 8.40. The zero-order valence-corrected chi connectivity index (χ0v) is 30.0. The minimum absolute atomic E-state index is 0.0110. The van der Waals surface area contributed by atoms with E-state index in [0.29, 0.717) is 37.8 Å². The predicted octanol–water partition coefficient (Wildman–Crippen LogP) is 6.77. The van der Waals surface area contributed by atoms with Gasteiger partial charge in [-0.05, 0) is 62.1 Å². The molecule has 0 saturated carbocycles. The Balaban J connectivity index is 1.72. The number of ether oxygens (including phenoxy) is 6. The second kappa shape index (κ2) is 18.0. The van der Waals surface area contributed by atoms with Gasteiger partial charge in [-0.2, -0.15) is 0 Å². The monoisotopic (exact) mass is 676 g/mol. The van der Waals surface area contributed by atoms with Crippen LogP contribution in [0.15, 0.2) is 72.8 Å². The molecule has 3 aromatic carbocycles. The zero-order chi connectivity index (χ0) is 35.4. The van der Waals surface area contributed by atoms with Crippen LogP contribution in [0, 0.1) is 5.92 Å². The number of hydrogen-bond donors (Lipinski definition) is 0. The fraction of sp³-hybridized carbons (Fsp3) is 0.487. The summed E-state index contributed by atoms with van der Waals surface area (Å²) in [5.41, 5.74) is 3.22. The molecule has 2 amide bonds. The number of carbonyl (C=O) groups is 2. The van der Waals surface area contributed by atoms with Crippen LogP contribution in [0.5, 0.6) is 11.5 Å². The fourth-order valence-electron chi connectivity index (χ4n) is 6.15. The van der Waals surface area contributed by atoms with Crippen molar-refractivity contribution in [3.05, 3.63) is 83.9 Å². The Kier molecular flexibility index (Phi) is 13.9. The average Bonchev–Trinajstić information content (AvgIpc) is 3.10. The van der Waals surface area contributed by atoms with Gasteiger partial charge in [0.15, 0.2) is 0 Å². The van der Waals surface area contributed by atoms with Crippen molar-refractivity contribution in [1.29, 1.82) is 0 Å². The third-order valence-electron chi connectivity index (χ3n) is 8.40. The highest BCUT2D eigenvalue weighted by Gasteiger charge is 2.45. The van der Waals surface area contributed by atoms with E-state index in [-0.39, 0.29) is 31.7 Å². The highest BCUT2D eigenvalue weighted by Crippen LogP contribution is 2.39. The summed E-state index contributed by atoms with van der Waals surface area (Å²) < 4.78 is 34.1. The number of methoxy groups -OCH3 is 3. The van der Waals surface area contributed by atoms with Crippen molar-refractivity contribution in [2.24, 2.45) is 5.92 Å². The van der Waals surface area contributed by atoms with Gasteiger partial charge in [0, 0.05) is 58.9 Å². The molecule has 10 nitrogen and oxygen atoms in total. The number of carbonyl (C=O) groups excluding carboxylic acids is 2. The lowest BCUT2D eigenvalue weighted by atomic mass is 9.77. The Bertz CT molecular complexity index is 1490. The molecule has 0 unspecified atom stereocenters. The Morgan fingerprint density at radius 2 is 1.59 bits per heavy atom. The first-order valence-corrected chi connectivity index (χ1v) is 16.9. The molecule has 3 aromatic rings. The van der Waals surface area contributed by atoms with Crippen molar-refractivity contribution in [2.45, 2.75) is 58.3 Å². The van der Waals surface area contributed by atoms with Crippen molar-refractivity contribution in [3.8, 4) is 22.6 Å². The molecule has 0 radical (unpaired) electrons. The molecule has 0 aromatic heterocycles. The van der Waals surface area contributed by atoms with Crippen LogP contribution in [0.1, 0.15) is 51.2 Å². The lowest BCUT2D eigenvalue weighted by molar-refractivity contribution is -0.147. The summed E-state index contributed by atoms with van der Waals surface area (Å²) >= 11 is 0. The number of nitrogens with zero attached hydrogens (tertiary/aromatic N) is 2. The first-order chi connectivity index (χ1) is 23.6. The van der Waals surface area contributed by atoms with Crippen molar-refractivity contribution >= 4 is 12.0 Å². The Morgan fingerprint density at radius 1 is 0.857 bits per heavy atom. The molecule has 3 atom stereocenters. The molecule has 10 heteroatoms. The van der Waals surface area contributed by atoms with Crippen LogP contribution in [0.2, 0.25) is 0 Å². The van der Waals surface area contributed by atoms with Crippen LogP contribution in [-0.4, -0.2) is 94.5 Å². The highest BCUT2D eigenvalue weighted by atomic mass is 16.7. The molecule has 1 aliphatic rings. The number of hydrogen-bond acceptors (Lipinski definition) is 8. The topological polar surface area (TPSA) is 96.0 Å². The minimum Gasteiger partial charge on any atom is -0.497 e. The fourth-order valence-corrected chi connectivity index (χ4v) is 6.15. The number of likely N-dealkylation sites (tertiary alicyclic amines) is 1. The van der Waals surface area contributed by atoms with E-state index in [2.05, 4.69) is 24.3 Å². The van der Waals surface area contributed by atoms with Gasteiger partial charge in [-0.25, -0.2) is 4.79 Å². The Morgan fingerprint density at radius 3 is 2.27 bits per heavy atom. The molecule has 1 saturated heterocycles. The van der Waals surface area contributed by atoms with Crippen molar-refractivity contribution in [2.75, 3.05) is 61.0 Å². The van der Waals surface area contributed by atoms with Crippen LogP contribution in [0.25, 0.3) is 11.1 Å². The lowest BCUT2D eigenvalue weighted by Crippen LogP contribution is -2.56. The first-order valence-electron chi connectivity index (χ1n) is 16.9. The van der Waals surface area contributed by atoms with Gasteiger partial charge in [-0.3, -0.25) is 4.79 Å². The van der Waals surface area contributed by atoms with Crippen LogP contribution in [0.4, 0.5) is 4.79 Å². The summed E-state index contributed by atoms with van der Waals surface area (Å²) in [6.07, 6.45) is -0.278. The maximum absolute atomic E-state index is 14.8. The van der Waals surface area contributed by atoms with Crippen molar-refractivity contribution in [1.82, 2.24) is 9.80 Å². The number of benzene rings is 3. The maximum atomic E-state index is 14.8. The highest BCUT2D eigenvalue weighted by molar-refractivity contribution is 5.82. The third kappa shape index (κ3) is 10.7. The second-order valence-corrected chi connectivity index (χ2v) is 13.2.